The summed E-state index contributed by atoms with van der Waals surface area (Å²) in [6, 6.07) is 15.2. The van der Waals surface area contributed by atoms with Crippen LogP contribution in [0.15, 0.2) is 59.1 Å². The van der Waals surface area contributed by atoms with Gasteiger partial charge in [0.2, 0.25) is 5.91 Å². The van der Waals surface area contributed by atoms with E-state index < -0.39 is 5.97 Å². The van der Waals surface area contributed by atoms with E-state index in [1.165, 1.54) is 35.8 Å². The van der Waals surface area contributed by atoms with Crippen molar-refractivity contribution in [2.45, 2.75) is 51.4 Å². The van der Waals surface area contributed by atoms with Gasteiger partial charge in [0.25, 0.3) is 0 Å². The molecule has 0 aliphatic rings. The molecule has 8 nitrogen and oxygen atoms in total. The van der Waals surface area contributed by atoms with Gasteiger partial charge in [-0.3, -0.25) is 4.79 Å². The Bertz CT molecular complexity index is 1470. The summed E-state index contributed by atoms with van der Waals surface area (Å²) in [4.78, 5) is 25.5. The molecule has 1 unspecified atom stereocenters. The second kappa shape index (κ2) is 13.3. The lowest BCUT2D eigenvalue weighted by molar-refractivity contribution is -0.113. The summed E-state index contributed by atoms with van der Waals surface area (Å²) in [5, 5.41) is 15.0. The molecule has 0 radical (unpaired) electrons. The van der Waals surface area contributed by atoms with Crippen molar-refractivity contribution in [1.29, 1.82) is 0 Å². The lowest BCUT2D eigenvalue weighted by Gasteiger charge is -2.16. The summed E-state index contributed by atoms with van der Waals surface area (Å²) in [5.74, 6) is 1.16. The molecule has 1 N–H and O–H groups in total. The van der Waals surface area contributed by atoms with Crippen molar-refractivity contribution in [3.05, 3.63) is 75.9 Å². The van der Waals surface area contributed by atoms with Crippen LogP contribution in [-0.2, 0) is 16.1 Å². The first-order valence-electron chi connectivity index (χ1n) is 12.8. The van der Waals surface area contributed by atoms with Crippen LogP contribution in [0.2, 0.25) is 5.02 Å². The van der Waals surface area contributed by atoms with Crippen molar-refractivity contribution >= 4 is 51.6 Å². The van der Waals surface area contributed by atoms with E-state index in [1.54, 1.807) is 12.1 Å². The van der Waals surface area contributed by atoms with E-state index in [4.69, 9.17) is 21.1 Å². The monoisotopic (exact) mass is 598 g/mol. The van der Waals surface area contributed by atoms with E-state index in [9.17, 15) is 9.59 Å². The molecule has 4 aromatic rings. The van der Waals surface area contributed by atoms with Crippen LogP contribution in [0.25, 0.3) is 11.1 Å². The molecule has 0 aliphatic carbocycles. The number of benzene rings is 2. The number of carbonyl (C=O) groups excluding carboxylic acids is 2. The lowest BCUT2D eigenvalue weighted by atomic mass is 10.0. The zero-order valence-corrected chi connectivity index (χ0v) is 25.3. The summed E-state index contributed by atoms with van der Waals surface area (Å²) in [6.45, 7) is 8.84. The smallest absolute Gasteiger partial charge is 0.341 e. The molecule has 1 atom stereocenters. The number of esters is 1. The predicted octanol–water partition coefficient (Wildman–Crippen LogP) is 7.46. The fourth-order valence-corrected chi connectivity index (χ4v) is 5.99. The van der Waals surface area contributed by atoms with Gasteiger partial charge in [0.1, 0.15) is 16.3 Å². The molecule has 0 spiro atoms. The zero-order chi connectivity index (χ0) is 28.8. The first-order valence-corrected chi connectivity index (χ1v) is 15.0. The van der Waals surface area contributed by atoms with Gasteiger partial charge in [-0.25, -0.2) is 4.79 Å². The number of rotatable bonds is 11. The number of hydrogen-bond donors (Lipinski definition) is 1. The molecule has 0 fully saturated rings. The van der Waals surface area contributed by atoms with Gasteiger partial charge in [0, 0.05) is 22.5 Å². The molecule has 40 heavy (non-hydrogen) atoms. The number of thioether (sulfide) groups is 1. The highest BCUT2D eigenvalue weighted by Crippen LogP contribution is 2.37. The average molecular weight is 599 g/mol. The molecule has 2 aromatic carbocycles. The summed E-state index contributed by atoms with van der Waals surface area (Å²) in [5.41, 5.74) is 3.02. The van der Waals surface area contributed by atoms with Crippen molar-refractivity contribution in [3.63, 3.8) is 0 Å². The van der Waals surface area contributed by atoms with Crippen LogP contribution >= 0.6 is 34.7 Å². The highest BCUT2D eigenvalue weighted by Gasteiger charge is 2.23. The molecule has 210 valence electrons. The van der Waals surface area contributed by atoms with Gasteiger partial charge >= 0.3 is 5.97 Å². The van der Waals surface area contributed by atoms with Gasteiger partial charge < -0.3 is 19.4 Å². The Balaban J connectivity index is 1.43. The second-order valence-electron chi connectivity index (χ2n) is 9.26. The Morgan fingerprint density at radius 3 is 2.40 bits per heavy atom. The highest BCUT2D eigenvalue weighted by atomic mass is 35.5. The summed E-state index contributed by atoms with van der Waals surface area (Å²) in [7, 11) is 1.31. The number of nitrogens with one attached hydrogen (secondary N) is 1. The molecular weight excluding hydrogens is 568 g/mol. The van der Waals surface area contributed by atoms with E-state index in [-0.39, 0.29) is 17.8 Å². The van der Waals surface area contributed by atoms with Gasteiger partial charge in [-0.1, -0.05) is 61.5 Å². The van der Waals surface area contributed by atoms with Gasteiger partial charge in [-0.05, 0) is 55.2 Å². The molecule has 4 rings (SSSR count). The minimum Gasteiger partial charge on any atom is -0.483 e. The molecule has 0 bridgehead atoms. The first kappa shape index (κ1) is 29.6. The van der Waals surface area contributed by atoms with Crippen molar-refractivity contribution in [3.8, 4) is 16.9 Å². The molecule has 11 heteroatoms. The Morgan fingerprint density at radius 2 is 1.77 bits per heavy atom. The molecule has 0 aliphatic heterocycles. The SMILES string of the molecule is CCn1c(SCC(=O)Nc2scc(-c3ccc(Cl)cc3)c2C(=O)OC)nnc1C(C)Oc1ccc(C(C)C)cc1. The standard InChI is InChI=1S/C29H31ClN4O4S2/c1-6-34-26(18(4)38-22-13-9-19(10-14-22)17(2)3)32-33-29(34)40-16-24(35)31-27-25(28(36)37-5)23(15-39-27)20-7-11-21(30)12-8-20/h7-15,17-18H,6,16H2,1-5H3,(H,31,35). The van der Waals surface area contributed by atoms with Crippen molar-refractivity contribution < 1.29 is 19.1 Å². The summed E-state index contributed by atoms with van der Waals surface area (Å²) >= 11 is 8.54. The topological polar surface area (TPSA) is 95.3 Å². The van der Waals surface area contributed by atoms with E-state index in [0.29, 0.717) is 44.6 Å². The van der Waals surface area contributed by atoms with Crippen LogP contribution in [0.4, 0.5) is 5.00 Å². The van der Waals surface area contributed by atoms with Crippen molar-refractivity contribution in [2.75, 3.05) is 18.2 Å². The molecule has 0 saturated carbocycles. The summed E-state index contributed by atoms with van der Waals surface area (Å²) < 4.78 is 13.1. The number of thiophene rings is 1. The molecule has 0 saturated heterocycles. The van der Waals surface area contributed by atoms with Gasteiger partial charge in [-0.2, -0.15) is 0 Å². The van der Waals surface area contributed by atoms with E-state index in [0.717, 1.165) is 11.3 Å². The van der Waals surface area contributed by atoms with E-state index in [2.05, 4.69) is 41.5 Å². The number of amides is 1. The Labute approximate surface area is 247 Å². The zero-order valence-electron chi connectivity index (χ0n) is 22.9. The van der Waals surface area contributed by atoms with Crippen LogP contribution in [0, 0.1) is 0 Å². The van der Waals surface area contributed by atoms with Crippen LogP contribution in [-0.4, -0.2) is 39.5 Å². The van der Waals surface area contributed by atoms with Gasteiger partial charge in [-0.15, -0.1) is 21.5 Å². The third kappa shape index (κ3) is 6.86. The molecular formula is C29H31ClN4O4S2. The van der Waals surface area contributed by atoms with Crippen molar-refractivity contribution in [2.24, 2.45) is 0 Å². The van der Waals surface area contributed by atoms with Crippen LogP contribution in [0.5, 0.6) is 5.75 Å². The van der Waals surface area contributed by atoms with E-state index in [1.807, 2.05) is 48.1 Å². The quantitative estimate of drug-likeness (QED) is 0.141. The predicted molar refractivity (Wildman–Crippen MR) is 161 cm³/mol. The largest absolute Gasteiger partial charge is 0.483 e. The number of anilines is 1. The van der Waals surface area contributed by atoms with Crippen LogP contribution in [0.1, 0.15) is 61.5 Å². The Morgan fingerprint density at radius 1 is 1.07 bits per heavy atom. The number of methoxy groups -OCH3 is 1. The van der Waals surface area contributed by atoms with Gasteiger partial charge in [0.05, 0.1) is 12.9 Å². The normalized spacial score (nSPS) is 11.9. The van der Waals surface area contributed by atoms with Crippen LogP contribution in [0.3, 0.4) is 0 Å². The minimum absolute atomic E-state index is 0.0822. The minimum atomic E-state index is -0.530. The number of hydrogen-bond acceptors (Lipinski definition) is 8. The third-order valence-corrected chi connectivity index (χ3v) is 8.32. The molecule has 2 aromatic heterocycles. The highest BCUT2D eigenvalue weighted by molar-refractivity contribution is 7.99. The van der Waals surface area contributed by atoms with Crippen molar-refractivity contribution in [1.82, 2.24) is 14.8 Å². The first-order chi connectivity index (χ1) is 19.2. The maximum atomic E-state index is 12.9. The van der Waals surface area contributed by atoms with E-state index >= 15 is 0 Å². The molecule has 1 amide bonds. The summed E-state index contributed by atoms with van der Waals surface area (Å²) in [6.07, 6.45) is -0.333. The number of halogens is 1. The third-order valence-electron chi connectivity index (χ3n) is 6.21. The number of carbonyl (C=O) groups is 2. The fourth-order valence-electron chi connectivity index (χ4n) is 4.08. The Kier molecular flexibility index (Phi) is 9.89. The second-order valence-corrected chi connectivity index (χ2v) is 11.5. The number of nitrogens with zero attached hydrogens (tertiary/aromatic N) is 3. The molecule has 2 heterocycles. The number of aromatic nitrogens is 3. The average Bonchev–Trinajstić information content (AvgIpc) is 3.56. The maximum absolute atomic E-state index is 12.9. The van der Waals surface area contributed by atoms with Gasteiger partial charge in [0.15, 0.2) is 17.1 Å². The Hall–Kier alpha value is -3.34. The number of ether oxygens (including phenoxy) is 2. The fraction of sp³-hybridized carbons (Fsp3) is 0.310. The maximum Gasteiger partial charge on any atom is 0.341 e. The lowest BCUT2D eigenvalue weighted by Crippen LogP contribution is -2.17. The van der Waals surface area contributed by atoms with Crippen LogP contribution < -0.4 is 10.1 Å².